The van der Waals surface area contributed by atoms with E-state index in [0.29, 0.717) is 24.4 Å². The van der Waals surface area contributed by atoms with E-state index >= 15 is 0 Å². The van der Waals surface area contributed by atoms with Gasteiger partial charge in [-0.1, -0.05) is 0 Å². The SMILES string of the molecule is CN(CCO)Cc1c(O)c(=O)cc(CO)n1CCCC(=O)O. The fraction of sp³-hybridized carbons (Fsp3) is 0.571. The topological polar surface area (TPSA) is 123 Å². The Morgan fingerprint density at radius 3 is 2.59 bits per heavy atom. The third kappa shape index (κ3) is 4.83. The van der Waals surface area contributed by atoms with Gasteiger partial charge in [0.05, 0.1) is 18.9 Å². The van der Waals surface area contributed by atoms with Gasteiger partial charge in [0.2, 0.25) is 5.43 Å². The molecule has 0 saturated carbocycles. The minimum Gasteiger partial charge on any atom is -0.503 e. The zero-order chi connectivity index (χ0) is 16.7. The number of aliphatic hydroxyl groups excluding tert-OH is 2. The van der Waals surface area contributed by atoms with Crippen molar-refractivity contribution in [1.82, 2.24) is 9.47 Å². The number of aliphatic hydroxyl groups is 2. The predicted molar refractivity (Wildman–Crippen MR) is 78.6 cm³/mol. The maximum Gasteiger partial charge on any atom is 0.303 e. The molecule has 0 aromatic carbocycles. The van der Waals surface area contributed by atoms with Crippen LogP contribution in [-0.2, 0) is 24.5 Å². The highest BCUT2D eigenvalue weighted by Crippen LogP contribution is 2.18. The van der Waals surface area contributed by atoms with E-state index in [0.717, 1.165) is 6.07 Å². The van der Waals surface area contributed by atoms with Crippen LogP contribution in [-0.4, -0.2) is 56.1 Å². The van der Waals surface area contributed by atoms with Gasteiger partial charge in [-0.15, -0.1) is 0 Å². The first kappa shape index (κ1) is 18.1. The molecular weight excluding hydrogens is 292 g/mol. The second-order valence-corrected chi connectivity index (χ2v) is 5.06. The van der Waals surface area contributed by atoms with Crippen LogP contribution in [0.15, 0.2) is 10.9 Å². The maximum absolute atomic E-state index is 11.8. The fourth-order valence-corrected chi connectivity index (χ4v) is 2.20. The number of carbonyl (C=O) groups is 1. The van der Waals surface area contributed by atoms with Crippen LogP contribution in [0.2, 0.25) is 0 Å². The summed E-state index contributed by atoms with van der Waals surface area (Å²) in [5.74, 6) is -1.35. The van der Waals surface area contributed by atoms with Gasteiger partial charge in [-0.25, -0.2) is 0 Å². The van der Waals surface area contributed by atoms with Crippen molar-refractivity contribution in [3.63, 3.8) is 0 Å². The average molecular weight is 314 g/mol. The molecule has 0 aliphatic rings. The number of rotatable bonds is 9. The highest BCUT2D eigenvalue weighted by atomic mass is 16.4. The lowest BCUT2D eigenvalue weighted by Crippen LogP contribution is -2.27. The van der Waals surface area contributed by atoms with Crippen molar-refractivity contribution in [2.75, 3.05) is 20.2 Å². The summed E-state index contributed by atoms with van der Waals surface area (Å²) in [6.45, 7) is 0.354. The van der Waals surface area contributed by atoms with Crippen LogP contribution >= 0.6 is 0 Å². The van der Waals surface area contributed by atoms with Gasteiger partial charge in [-0.3, -0.25) is 14.5 Å². The lowest BCUT2D eigenvalue weighted by atomic mass is 10.2. The number of nitrogens with zero attached hydrogens (tertiary/aromatic N) is 2. The summed E-state index contributed by atoms with van der Waals surface area (Å²) in [5, 5.41) is 37.0. The Morgan fingerprint density at radius 1 is 1.36 bits per heavy atom. The summed E-state index contributed by atoms with van der Waals surface area (Å²) in [4.78, 5) is 24.1. The Morgan fingerprint density at radius 2 is 2.05 bits per heavy atom. The molecule has 0 aliphatic carbocycles. The van der Waals surface area contributed by atoms with Crippen LogP contribution in [0.4, 0.5) is 0 Å². The summed E-state index contributed by atoms with van der Waals surface area (Å²) >= 11 is 0. The smallest absolute Gasteiger partial charge is 0.303 e. The van der Waals surface area contributed by atoms with Crippen molar-refractivity contribution >= 4 is 5.97 Å². The minimum absolute atomic E-state index is 0.0519. The van der Waals surface area contributed by atoms with Crippen molar-refractivity contribution in [1.29, 1.82) is 0 Å². The molecule has 0 aliphatic heterocycles. The summed E-state index contributed by atoms with van der Waals surface area (Å²) in [6, 6.07) is 1.14. The normalized spacial score (nSPS) is 11.1. The molecule has 8 heteroatoms. The molecule has 1 aromatic heterocycles. The van der Waals surface area contributed by atoms with Crippen LogP contribution in [0.3, 0.4) is 0 Å². The molecule has 0 spiro atoms. The molecule has 4 N–H and O–H groups in total. The summed E-state index contributed by atoms with van der Waals surface area (Å²) < 4.78 is 1.56. The molecule has 1 aromatic rings. The van der Waals surface area contributed by atoms with Crippen molar-refractivity contribution < 1.29 is 25.2 Å². The fourth-order valence-electron chi connectivity index (χ4n) is 2.20. The van der Waals surface area contributed by atoms with Gasteiger partial charge in [-0.05, 0) is 13.5 Å². The number of aromatic hydroxyl groups is 1. The van der Waals surface area contributed by atoms with Gasteiger partial charge < -0.3 is 25.0 Å². The number of carboxylic acid groups (broad SMARTS) is 1. The number of hydrogen-bond donors (Lipinski definition) is 4. The summed E-state index contributed by atoms with van der Waals surface area (Å²) in [5.41, 5.74) is 0.0319. The number of likely N-dealkylation sites (N-methyl/N-ethyl adjacent to an activating group) is 1. The van der Waals surface area contributed by atoms with Crippen molar-refractivity contribution in [2.45, 2.75) is 32.5 Å². The van der Waals surface area contributed by atoms with Gasteiger partial charge in [0.1, 0.15) is 0 Å². The number of carboxylic acids is 1. The van der Waals surface area contributed by atoms with Crippen LogP contribution in [0.5, 0.6) is 5.75 Å². The third-order valence-corrected chi connectivity index (χ3v) is 3.31. The molecular formula is C14H22N2O6. The van der Waals surface area contributed by atoms with Gasteiger partial charge >= 0.3 is 5.97 Å². The monoisotopic (exact) mass is 314 g/mol. The lowest BCUT2D eigenvalue weighted by Gasteiger charge is -2.22. The largest absolute Gasteiger partial charge is 0.503 e. The standard InChI is InChI=1S/C14H22N2O6/c1-15(5-6-17)8-11-14(22)12(19)7-10(9-18)16(11)4-2-3-13(20)21/h7,17-18,22H,2-6,8-9H2,1H3,(H,20,21). The number of aliphatic carboxylic acids is 1. The van der Waals surface area contributed by atoms with Crippen LogP contribution in [0, 0.1) is 0 Å². The lowest BCUT2D eigenvalue weighted by molar-refractivity contribution is -0.137. The molecule has 0 saturated heterocycles. The Bertz CT molecular complexity index is 569. The van der Waals surface area contributed by atoms with Crippen molar-refractivity contribution in [3.8, 4) is 5.75 Å². The second-order valence-electron chi connectivity index (χ2n) is 5.06. The van der Waals surface area contributed by atoms with E-state index in [1.807, 2.05) is 0 Å². The van der Waals surface area contributed by atoms with Gasteiger partial charge in [0.15, 0.2) is 5.75 Å². The zero-order valence-corrected chi connectivity index (χ0v) is 12.5. The molecule has 0 fully saturated rings. The van der Waals surface area contributed by atoms with Crippen molar-refractivity contribution in [3.05, 3.63) is 27.7 Å². The van der Waals surface area contributed by atoms with E-state index in [9.17, 15) is 19.8 Å². The van der Waals surface area contributed by atoms with E-state index in [4.69, 9.17) is 10.2 Å². The van der Waals surface area contributed by atoms with E-state index in [2.05, 4.69) is 0 Å². The van der Waals surface area contributed by atoms with Gasteiger partial charge in [0.25, 0.3) is 0 Å². The second kappa shape index (κ2) is 8.52. The summed E-state index contributed by atoms with van der Waals surface area (Å²) in [7, 11) is 1.72. The third-order valence-electron chi connectivity index (χ3n) is 3.31. The molecule has 1 heterocycles. The number of hydrogen-bond acceptors (Lipinski definition) is 6. The number of aromatic nitrogens is 1. The van der Waals surface area contributed by atoms with E-state index in [1.54, 1.807) is 16.5 Å². The molecule has 1 rings (SSSR count). The first-order valence-electron chi connectivity index (χ1n) is 6.97. The van der Waals surface area contributed by atoms with Crippen LogP contribution in [0.25, 0.3) is 0 Å². The first-order valence-corrected chi connectivity index (χ1v) is 6.97. The molecule has 8 nitrogen and oxygen atoms in total. The molecule has 0 bridgehead atoms. The Hall–Kier alpha value is -1.90. The Labute approximate surface area is 127 Å². The molecule has 0 atom stereocenters. The van der Waals surface area contributed by atoms with Gasteiger partial charge in [0, 0.05) is 37.8 Å². The zero-order valence-electron chi connectivity index (χ0n) is 12.5. The minimum atomic E-state index is -0.935. The molecule has 124 valence electrons. The van der Waals surface area contributed by atoms with E-state index in [1.165, 1.54) is 0 Å². The highest BCUT2D eigenvalue weighted by molar-refractivity contribution is 5.66. The van der Waals surface area contributed by atoms with E-state index in [-0.39, 0.29) is 32.7 Å². The number of pyridine rings is 1. The quantitative estimate of drug-likeness (QED) is 0.477. The van der Waals surface area contributed by atoms with E-state index < -0.39 is 17.1 Å². The van der Waals surface area contributed by atoms with Gasteiger partial charge in [-0.2, -0.15) is 0 Å². The highest BCUT2D eigenvalue weighted by Gasteiger charge is 2.16. The molecule has 0 unspecified atom stereocenters. The molecule has 22 heavy (non-hydrogen) atoms. The molecule has 0 radical (unpaired) electrons. The Kier molecular flexibility index (Phi) is 7.03. The average Bonchev–Trinajstić information content (AvgIpc) is 2.45. The van der Waals surface area contributed by atoms with Crippen LogP contribution < -0.4 is 5.43 Å². The van der Waals surface area contributed by atoms with Crippen LogP contribution in [0.1, 0.15) is 24.2 Å². The molecule has 0 amide bonds. The predicted octanol–water partition coefficient (Wildman–Crippen LogP) is -0.665. The van der Waals surface area contributed by atoms with Crippen molar-refractivity contribution in [2.24, 2.45) is 0 Å². The summed E-state index contributed by atoms with van der Waals surface area (Å²) in [6.07, 6.45) is 0.255. The Balaban J connectivity index is 3.15. The first-order chi connectivity index (χ1) is 10.4. The maximum atomic E-state index is 11.8.